The van der Waals surface area contributed by atoms with Crippen molar-refractivity contribution in [2.45, 2.75) is 44.6 Å². The molecule has 1 aliphatic heterocycles. The first-order valence-electron chi connectivity index (χ1n) is 11.3. The third-order valence-corrected chi connectivity index (χ3v) is 7.42. The number of carbonyl (C=O) groups excluding carboxylic acids is 3. The van der Waals surface area contributed by atoms with E-state index in [4.69, 9.17) is 4.74 Å². The number of carbonyl (C=O) groups is 3. The molecule has 0 radical (unpaired) electrons. The first-order valence-corrected chi connectivity index (χ1v) is 12.1. The number of nitrogens with one attached hydrogen (secondary N) is 2. The van der Waals surface area contributed by atoms with Crippen molar-refractivity contribution in [3.05, 3.63) is 51.7 Å². The number of nitrogens with zero attached hydrogens (tertiary/aromatic N) is 1. The summed E-state index contributed by atoms with van der Waals surface area (Å²) >= 11 is 1.48. The molecule has 0 atom stereocenters. The number of piperidine rings is 1. The van der Waals surface area contributed by atoms with Crippen LogP contribution < -0.4 is 10.6 Å². The maximum absolute atomic E-state index is 13.0. The Balaban J connectivity index is 1.29. The molecule has 1 fully saturated rings. The number of rotatable bonds is 6. The Labute approximate surface area is 196 Å². The van der Waals surface area contributed by atoms with E-state index in [0.29, 0.717) is 29.2 Å². The van der Waals surface area contributed by atoms with Gasteiger partial charge in [-0.2, -0.15) is 0 Å². The van der Waals surface area contributed by atoms with Gasteiger partial charge in [0.25, 0.3) is 5.91 Å². The molecule has 2 amide bonds. The van der Waals surface area contributed by atoms with Gasteiger partial charge in [-0.3, -0.25) is 14.5 Å². The van der Waals surface area contributed by atoms with Gasteiger partial charge in [-0.1, -0.05) is 0 Å². The Morgan fingerprint density at radius 1 is 1.12 bits per heavy atom. The molecule has 2 N–H and O–H groups in total. The lowest BCUT2D eigenvalue weighted by Crippen LogP contribution is -2.46. The van der Waals surface area contributed by atoms with Crippen molar-refractivity contribution in [1.82, 2.24) is 10.2 Å². The molecule has 1 aromatic carbocycles. The van der Waals surface area contributed by atoms with Crippen LogP contribution >= 0.6 is 11.3 Å². The topological polar surface area (TPSA) is 87.7 Å². The van der Waals surface area contributed by atoms with Crippen LogP contribution in [0.15, 0.2) is 24.3 Å². The summed E-state index contributed by atoms with van der Waals surface area (Å²) in [5.41, 5.74) is 1.96. The van der Waals surface area contributed by atoms with Gasteiger partial charge >= 0.3 is 5.97 Å². The Morgan fingerprint density at radius 2 is 1.82 bits per heavy atom. The molecule has 1 aliphatic carbocycles. The lowest BCUT2D eigenvalue weighted by atomic mass is 9.95. The number of amides is 2. The molecule has 1 aromatic heterocycles. The second-order valence-corrected chi connectivity index (χ2v) is 9.59. The Hall–Kier alpha value is -2.78. The largest absolute Gasteiger partial charge is 0.465 e. The lowest BCUT2D eigenvalue weighted by molar-refractivity contribution is -0.117. The van der Waals surface area contributed by atoms with Crippen LogP contribution in [0.3, 0.4) is 0 Å². The lowest BCUT2D eigenvalue weighted by Gasteiger charge is -2.31. The molecule has 0 unspecified atom stereocenters. The number of anilines is 1. The summed E-state index contributed by atoms with van der Waals surface area (Å²) in [6.07, 6.45) is 5.34. The van der Waals surface area contributed by atoms with Crippen molar-refractivity contribution in [2.24, 2.45) is 0 Å². The molecule has 1 saturated heterocycles. The number of benzene rings is 1. The summed E-state index contributed by atoms with van der Waals surface area (Å²) in [5.74, 6) is -1.15. The normalized spacial score (nSPS) is 16.7. The number of esters is 1. The average molecular weight is 474 g/mol. The summed E-state index contributed by atoms with van der Waals surface area (Å²) in [5, 5.41) is 6.50. The third-order valence-electron chi connectivity index (χ3n) is 6.21. The minimum Gasteiger partial charge on any atom is -0.465 e. The van der Waals surface area contributed by atoms with Crippen LogP contribution in [-0.4, -0.2) is 55.5 Å². The maximum atomic E-state index is 13.0. The van der Waals surface area contributed by atoms with Gasteiger partial charge in [-0.25, -0.2) is 9.18 Å². The zero-order valence-electron chi connectivity index (χ0n) is 18.6. The van der Waals surface area contributed by atoms with Crippen molar-refractivity contribution in [3.8, 4) is 0 Å². The summed E-state index contributed by atoms with van der Waals surface area (Å²) in [6.45, 7) is 1.57. The average Bonchev–Trinajstić information content (AvgIpc) is 3.17. The molecular weight excluding hydrogens is 445 g/mol. The molecule has 2 heterocycles. The number of likely N-dealkylation sites (tertiary alicyclic amines) is 1. The van der Waals surface area contributed by atoms with Gasteiger partial charge in [0.05, 0.1) is 19.2 Å². The van der Waals surface area contributed by atoms with Crippen LogP contribution in [0.1, 0.15) is 56.8 Å². The number of thiophene rings is 1. The van der Waals surface area contributed by atoms with E-state index in [2.05, 4.69) is 10.6 Å². The molecule has 176 valence electrons. The molecule has 33 heavy (non-hydrogen) atoms. The summed E-state index contributed by atoms with van der Waals surface area (Å²) in [6, 6.07) is 5.48. The van der Waals surface area contributed by atoms with E-state index in [1.807, 2.05) is 4.90 Å². The molecule has 4 rings (SSSR count). The quantitative estimate of drug-likeness (QED) is 0.628. The van der Waals surface area contributed by atoms with Crippen LogP contribution in [0.25, 0.3) is 0 Å². The first-order chi connectivity index (χ1) is 15.9. The Bertz CT molecular complexity index is 1030. The van der Waals surface area contributed by atoms with E-state index in [1.54, 1.807) is 0 Å². The Morgan fingerprint density at radius 3 is 2.52 bits per heavy atom. The standard InChI is InChI=1S/C24H28FN3O4S/c1-32-24(31)21-18-4-2-3-5-19(18)33-23(21)27-20(29)14-28-12-10-17(11-13-28)26-22(30)15-6-8-16(25)9-7-15/h6-9,17H,2-5,10-14H2,1H3,(H,26,30)(H,27,29). The van der Waals surface area contributed by atoms with Gasteiger partial charge in [-0.15, -0.1) is 11.3 Å². The monoisotopic (exact) mass is 473 g/mol. The van der Waals surface area contributed by atoms with Gasteiger partial charge in [-0.05, 0) is 68.4 Å². The van der Waals surface area contributed by atoms with E-state index in [9.17, 15) is 18.8 Å². The van der Waals surface area contributed by atoms with Crippen molar-refractivity contribution >= 4 is 34.1 Å². The van der Waals surface area contributed by atoms with Gasteiger partial charge in [0.1, 0.15) is 10.8 Å². The molecule has 0 spiro atoms. The molecular formula is C24H28FN3O4S. The van der Waals surface area contributed by atoms with Crippen LogP contribution in [0.4, 0.5) is 9.39 Å². The van der Waals surface area contributed by atoms with Gasteiger partial charge < -0.3 is 15.4 Å². The van der Waals surface area contributed by atoms with E-state index < -0.39 is 5.97 Å². The van der Waals surface area contributed by atoms with Crippen molar-refractivity contribution < 1.29 is 23.5 Å². The highest BCUT2D eigenvalue weighted by atomic mass is 32.1. The number of methoxy groups -OCH3 is 1. The van der Waals surface area contributed by atoms with Crippen LogP contribution in [0.2, 0.25) is 0 Å². The Kier molecular flexibility index (Phi) is 7.39. The number of hydrogen-bond acceptors (Lipinski definition) is 6. The van der Waals surface area contributed by atoms with E-state index in [-0.39, 0.29) is 30.2 Å². The van der Waals surface area contributed by atoms with Crippen LogP contribution in [0.5, 0.6) is 0 Å². The molecule has 2 aromatic rings. The van der Waals surface area contributed by atoms with Crippen molar-refractivity contribution in [3.63, 3.8) is 0 Å². The number of halogens is 1. The fourth-order valence-electron chi connectivity index (χ4n) is 4.45. The van der Waals surface area contributed by atoms with Gasteiger partial charge in [0.15, 0.2) is 0 Å². The number of aryl methyl sites for hydroxylation is 1. The predicted octanol–water partition coefficient (Wildman–Crippen LogP) is 3.39. The van der Waals surface area contributed by atoms with Crippen LogP contribution in [0, 0.1) is 5.82 Å². The first kappa shape index (κ1) is 23.4. The maximum Gasteiger partial charge on any atom is 0.341 e. The van der Waals surface area contributed by atoms with E-state index in [1.165, 1.54) is 42.7 Å². The highest BCUT2D eigenvalue weighted by Gasteiger charge is 2.28. The fourth-order valence-corrected chi connectivity index (χ4v) is 5.74. The molecule has 0 saturated carbocycles. The summed E-state index contributed by atoms with van der Waals surface area (Å²) < 4.78 is 18.0. The smallest absolute Gasteiger partial charge is 0.341 e. The minimum atomic E-state index is -0.401. The van der Waals surface area contributed by atoms with E-state index >= 15 is 0 Å². The minimum absolute atomic E-state index is 0.0109. The number of fused-ring (bicyclic) bond motifs is 1. The van der Waals surface area contributed by atoms with Crippen molar-refractivity contribution in [2.75, 3.05) is 32.1 Å². The number of ether oxygens (including phenoxy) is 1. The summed E-state index contributed by atoms with van der Waals surface area (Å²) in [4.78, 5) is 40.6. The third kappa shape index (κ3) is 5.59. The van der Waals surface area contributed by atoms with Gasteiger partial charge in [0.2, 0.25) is 5.91 Å². The summed E-state index contributed by atoms with van der Waals surface area (Å²) in [7, 11) is 1.36. The SMILES string of the molecule is COC(=O)c1c(NC(=O)CN2CCC(NC(=O)c3ccc(F)cc3)CC2)sc2c1CCCC2. The van der Waals surface area contributed by atoms with Crippen LogP contribution in [-0.2, 0) is 22.4 Å². The van der Waals surface area contributed by atoms with Gasteiger partial charge in [0, 0.05) is 29.6 Å². The fraction of sp³-hybridized carbons (Fsp3) is 0.458. The zero-order valence-corrected chi connectivity index (χ0v) is 19.4. The highest BCUT2D eigenvalue weighted by molar-refractivity contribution is 7.17. The molecule has 9 heteroatoms. The molecule has 7 nitrogen and oxygen atoms in total. The van der Waals surface area contributed by atoms with Crippen molar-refractivity contribution in [1.29, 1.82) is 0 Å². The molecule has 0 bridgehead atoms. The predicted molar refractivity (Wildman–Crippen MR) is 124 cm³/mol. The molecule has 2 aliphatic rings. The number of hydrogen-bond donors (Lipinski definition) is 2. The highest BCUT2D eigenvalue weighted by Crippen LogP contribution is 2.38. The van der Waals surface area contributed by atoms with E-state index in [0.717, 1.165) is 49.0 Å². The second-order valence-electron chi connectivity index (χ2n) is 8.49. The zero-order chi connectivity index (χ0) is 23.4. The second kappa shape index (κ2) is 10.4.